The fourth-order valence-electron chi connectivity index (χ4n) is 1.99. The van der Waals surface area contributed by atoms with E-state index in [2.05, 4.69) is 4.98 Å². The second-order valence-electron chi connectivity index (χ2n) is 4.02. The summed E-state index contributed by atoms with van der Waals surface area (Å²) in [6.45, 7) is 0. The van der Waals surface area contributed by atoms with Crippen LogP contribution in [0.1, 0.15) is 0 Å². The number of nitrogens with zero attached hydrogens (tertiary/aromatic N) is 1. The fraction of sp³-hybridized carbons (Fsp3) is 0. The minimum Gasteiger partial charge on any atom is -0.330 e. The van der Waals surface area contributed by atoms with Gasteiger partial charge < -0.3 is 4.98 Å². The molecular weight excluding hydrogens is 306 g/mol. The number of aromatic amines is 1. The lowest BCUT2D eigenvalue weighted by atomic mass is 10.2. The minimum absolute atomic E-state index is 0.343. The Morgan fingerprint density at radius 3 is 2.47 bits per heavy atom. The Balaban J connectivity index is 2.36. The summed E-state index contributed by atoms with van der Waals surface area (Å²) in [6.07, 6.45) is 0. The van der Waals surface area contributed by atoms with Crippen molar-refractivity contribution in [1.82, 2.24) is 9.55 Å². The van der Waals surface area contributed by atoms with Gasteiger partial charge in [-0.15, -0.1) is 0 Å². The molecule has 0 radical (unpaired) electrons. The highest BCUT2D eigenvalue weighted by atomic mass is 35.5. The molecule has 0 aliphatic heterocycles. The van der Waals surface area contributed by atoms with Crippen molar-refractivity contribution in [2.75, 3.05) is 0 Å². The third-order valence-corrected chi connectivity index (χ3v) is 3.55. The number of imidazole rings is 1. The molecule has 0 spiro atoms. The largest absolute Gasteiger partial charge is 0.330 e. The first-order valence-electron chi connectivity index (χ1n) is 5.42. The predicted octanol–water partition coefficient (Wildman–Crippen LogP) is 5.13. The maximum absolute atomic E-state index is 14.0. The third kappa shape index (κ3) is 2.16. The number of benzene rings is 2. The molecule has 0 aliphatic carbocycles. The monoisotopic (exact) mass is 312 g/mol. The maximum atomic E-state index is 14.0. The van der Waals surface area contributed by atoms with Crippen LogP contribution in [0.3, 0.4) is 0 Å². The van der Waals surface area contributed by atoms with E-state index in [1.807, 2.05) is 0 Å². The van der Waals surface area contributed by atoms with Gasteiger partial charge in [-0.3, -0.25) is 4.57 Å². The smallest absolute Gasteiger partial charge is 0.182 e. The van der Waals surface area contributed by atoms with Crippen LogP contribution in [0, 0.1) is 10.6 Å². The molecule has 0 fully saturated rings. The van der Waals surface area contributed by atoms with E-state index in [1.165, 1.54) is 6.07 Å². The first-order valence-corrected chi connectivity index (χ1v) is 6.58. The zero-order chi connectivity index (χ0) is 13.6. The van der Waals surface area contributed by atoms with Gasteiger partial charge in [0.1, 0.15) is 5.82 Å². The van der Waals surface area contributed by atoms with Gasteiger partial charge in [0, 0.05) is 10.0 Å². The van der Waals surface area contributed by atoms with Crippen LogP contribution in [0.2, 0.25) is 10.0 Å². The molecule has 0 atom stereocenters. The van der Waals surface area contributed by atoms with Gasteiger partial charge in [-0.2, -0.15) is 0 Å². The third-order valence-electron chi connectivity index (χ3n) is 2.79. The van der Waals surface area contributed by atoms with Crippen LogP contribution in [-0.4, -0.2) is 9.55 Å². The van der Waals surface area contributed by atoms with Gasteiger partial charge in [0.2, 0.25) is 0 Å². The number of H-pyrrole nitrogens is 1. The zero-order valence-corrected chi connectivity index (χ0v) is 11.8. The van der Waals surface area contributed by atoms with Crippen molar-refractivity contribution in [2.45, 2.75) is 0 Å². The molecule has 2 aromatic carbocycles. The average molecular weight is 313 g/mol. The van der Waals surface area contributed by atoms with Crippen LogP contribution >= 0.6 is 35.4 Å². The summed E-state index contributed by atoms with van der Waals surface area (Å²) in [6, 6.07) is 9.74. The highest BCUT2D eigenvalue weighted by Gasteiger charge is 2.11. The number of aromatic nitrogens is 2. The number of rotatable bonds is 1. The Morgan fingerprint density at radius 2 is 1.74 bits per heavy atom. The minimum atomic E-state index is -0.431. The van der Waals surface area contributed by atoms with Crippen molar-refractivity contribution in [3.63, 3.8) is 0 Å². The molecule has 0 saturated carbocycles. The standard InChI is InChI=1S/C13H7Cl2FN2S/c14-7-1-3-11(9(16)5-7)18-12-4-2-8(15)6-10(12)17-13(18)19/h1-6H,(H,17,19). The second-order valence-corrected chi connectivity index (χ2v) is 5.28. The highest BCUT2D eigenvalue weighted by Crippen LogP contribution is 2.25. The summed E-state index contributed by atoms with van der Waals surface area (Å²) in [4.78, 5) is 3.00. The molecule has 19 heavy (non-hydrogen) atoms. The molecule has 0 unspecified atom stereocenters. The van der Waals surface area contributed by atoms with Crippen molar-refractivity contribution in [3.05, 3.63) is 57.0 Å². The maximum Gasteiger partial charge on any atom is 0.182 e. The Kier molecular flexibility index (Phi) is 3.09. The van der Waals surface area contributed by atoms with Crippen molar-refractivity contribution in [1.29, 1.82) is 0 Å². The molecule has 6 heteroatoms. The Labute approximate surface area is 123 Å². The number of hydrogen-bond acceptors (Lipinski definition) is 1. The van der Waals surface area contributed by atoms with E-state index >= 15 is 0 Å². The molecule has 1 heterocycles. The van der Waals surface area contributed by atoms with E-state index in [0.717, 1.165) is 11.0 Å². The molecule has 2 nitrogen and oxygen atoms in total. The first-order chi connectivity index (χ1) is 9.06. The lowest BCUT2D eigenvalue weighted by molar-refractivity contribution is 0.619. The fourth-order valence-corrected chi connectivity index (χ4v) is 2.62. The summed E-state index contributed by atoms with van der Waals surface area (Å²) >= 11 is 16.9. The molecule has 3 aromatic rings. The summed E-state index contributed by atoms with van der Waals surface area (Å²) in [5.41, 5.74) is 1.87. The average Bonchev–Trinajstić information content (AvgIpc) is 2.65. The van der Waals surface area contributed by atoms with E-state index in [4.69, 9.17) is 35.4 Å². The summed E-state index contributed by atoms with van der Waals surface area (Å²) < 4.78 is 16.0. The van der Waals surface area contributed by atoms with E-state index < -0.39 is 5.82 Å². The second kappa shape index (κ2) is 4.63. The lowest BCUT2D eigenvalue weighted by Gasteiger charge is -2.06. The topological polar surface area (TPSA) is 20.7 Å². The van der Waals surface area contributed by atoms with Crippen molar-refractivity contribution < 1.29 is 4.39 Å². The lowest BCUT2D eigenvalue weighted by Crippen LogP contribution is -1.97. The van der Waals surface area contributed by atoms with E-state index in [-0.39, 0.29) is 0 Å². The summed E-state index contributed by atoms with van der Waals surface area (Å²) in [7, 11) is 0. The van der Waals surface area contributed by atoms with Gasteiger partial charge in [0.05, 0.1) is 16.7 Å². The van der Waals surface area contributed by atoms with E-state index in [1.54, 1.807) is 34.9 Å². The number of nitrogens with one attached hydrogen (secondary N) is 1. The van der Waals surface area contributed by atoms with Gasteiger partial charge in [0.25, 0.3) is 0 Å². The Morgan fingerprint density at radius 1 is 1.05 bits per heavy atom. The van der Waals surface area contributed by atoms with Crippen LogP contribution in [0.25, 0.3) is 16.7 Å². The number of halogens is 3. The van der Waals surface area contributed by atoms with Crippen LogP contribution < -0.4 is 0 Å². The first kappa shape index (κ1) is 12.7. The quantitative estimate of drug-likeness (QED) is 0.617. The molecular formula is C13H7Cl2FN2S. The van der Waals surface area contributed by atoms with Crippen LogP contribution in [0.15, 0.2) is 36.4 Å². The summed E-state index contributed by atoms with van der Waals surface area (Å²) in [5, 5.41) is 0.933. The highest BCUT2D eigenvalue weighted by molar-refractivity contribution is 7.71. The molecule has 0 bridgehead atoms. The zero-order valence-electron chi connectivity index (χ0n) is 9.45. The molecule has 0 amide bonds. The van der Waals surface area contributed by atoms with E-state index in [9.17, 15) is 4.39 Å². The summed E-state index contributed by atoms with van der Waals surface area (Å²) in [5.74, 6) is -0.431. The Hall–Kier alpha value is -1.36. The molecule has 1 N–H and O–H groups in total. The van der Waals surface area contributed by atoms with E-state index in [0.29, 0.717) is 20.5 Å². The van der Waals surface area contributed by atoms with Crippen molar-refractivity contribution in [2.24, 2.45) is 0 Å². The SMILES string of the molecule is Fc1cc(Cl)ccc1-n1c(=S)[nH]c2cc(Cl)ccc21. The van der Waals surface area contributed by atoms with Gasteiger partial charge in [-0.1, -0.05) is 23.2 Å². The van der Waals surface area contributed by atoms with Gasteiger partial charge in [0.15, 0.2) is 4.77 Å². The van der Waals surface area contributed by atoms with Crippen LogP contribution in [0.5, 0.6) is 0 Å². The molecule has 96 valence electrons. The van der Waals surface area contributed by atoms with Crippen molar-refractivity contribution in [3.8, 4) is 5.69 Å². The molecule has 0 aliphatic rings. The Bertz CT molecular complexity index is 838. The number of fused-ring (bicyclic) bond motifs is 1. The normalized spacial score (nSPS) is 11.1. The van der Waals surface area contributed by atoms with Crippen LogP contribution in [0.4, 0.5) is 4.39 Å². The molecule has 3 rings (SSSR count). The molecule has 0 saturated heterocycles. The molecule has 1 aromatic heterocycles. The van der Waals surface area contributed by atoms with Gasteiger partial charge in [-0.05, 0) is 48.6 Å². The van der Waals surface area contributed by atoms with Crippen molar-refractivity contribution >= 4 is 46.5 Å². The number of hydrogen-bond donors (Lipinski definition) is 1. The van der Waals surface area contributed by atoms with Gasteiger partial charge in [-0.25, -0.2) is 4.39 Å². The predicted molar refractivity (Wildman–Crippen MR) is 78.4 cm³/mol. The van der Waals surface area contributed by atoms with Crippen LogP contribution in [-0.2, 0) is 0 Å². The van der Waals surface area contributed by atoms with Gasteiger partial charge >= 0.3 is 0 Å².